The lowest BCUT2D eigenvalue weighted by atomic mass is 10.1. The van der Waals surface area contributed by atoms with Gasteiger partial charge in [-0.1, -0.05) is 60.7 Å². The summed E-state index contributed by atoms with van der Waals surface area (Å²) in [6.07, 6.45) is 0.517. The van der Waals surface area contributed by atoms with Crippen molar-refractivity contribution in [3.05, 3.63) is 95.6 Å². The zero-order valence-electron chi connectivity index (χ0n) is 25.4. The van der Waals surface area contributed by atoms with Crippen molar-refractivity contribution in [1.82, 2.24) is 10.6 Å². The number of nitrogens with zero attached hydrogens (tertiary/aromatic N) is 1. The van der Waals surface area contributed by atoms with Crippen molar-refractivity contribution in [3.63, 3.8) is 0 Å². The van der Waals surface area contributed by atoms with Crippen LogP contribution in [0, 0.1) is 0 Å². The maximum Gasteiger partial charge on any atom is 0.412 e. The van der Waals surface area contributed by atoms with Crippen molar-refractivity contribution in [1.29, 1.82) is 0 Å². The quantitative estimate of drug-likeness (QED) is 0.256. The van der Waals surface area contributed by atoms with Gasteiger partial charge in [-0.15, -0.1) is 0 Å². The number of hydrogen-bond donors (Lipinski definition) is 3. The van der Waals surface area contributed by atoms with Crippen molar-refractivity contribution in [2.45, 2.75) is 71.2 Å². The summed E-state index contributed by atoms with van der Waals surface area (Å²) in [7, 11) is 0. The molecule has 1 unspecified atom stereocenters. The molecule has 0 saturated carbocycles. The molecule has 1 aliphatic rings. The van der Waals surface area contributed by atoms with E-state index in [-0.39, 0.29) is 37.9 Å². The molecule has 10 heteroatoms. The zero-order chi connectivity index (χ0) is 31.5. The van der Waals surface area contributed by atoms with Gasteiger partial charge in [0.25, 0.3) is 0 Å². The Hall–Kier alpha value is -4.86. The van der Waals surface area contributed by atoms with Crippen molar-refractivity contribution >= 4 is 35.4 Å². The minimum Gasteiger partial charge on any atom is -0.445 e. The van der Waals surface area contributed by atoms with E-state index in [4.69, 9.17) is 9.47 Å². The molecule has 0 saturated heterocycles. The smallest absolute Gasteiger partial charge is 0.412 e. The van der Waals surface area contributed by atoms with Gasteiger partial charge in [0.2, 0.25) is 11.8 Å². The van der Waals surface area contributed by atoms with Gasteiger partial charge in [-0.05, 0) is 74.9 Å². The molecule has 4 rings (SSSR count). The fraction of sp³-hybridized carbons (Fsp3) is 0.353. The highest BCUT2D eigenvalue weighted by Crippen LogP contribution is 2.29. The number of fused-ring (bicyclic) bond motifs is 1. The second-order valence-corrected chi connectivity index (χ2v) is 11.6. The lowest BCUT2D eigenvalue weighted by molar-refractivity contribution is -0.127. The van der Waals surface area contributed by atoms with Crippen molar-refractivity contribution in [3.8, 4) is 0 Å². The fourth-order valence-corrected chi connectivity index (χ4v) is 4.84. The predicted molar refractivity (Wildman–Crippen MR) is 168 cm³/mol. The van der Waals surface area contributed by atoms with Crippen LogP contribution in [0.25, 0.3) is 0 Å². The lowest BCUT2D eigenvalue weighted by Crippen LogP contribution is -2.47. The molecule has 4 amide bonds. The summed E-state index contributed by atoms with van der Waals surface area (Å²) in [5, 5.41) is 8.30. The largest absolute Gasteiger partial charge is 0.445 e. The minimum absolute atomic E-state index is 0.147. The van der Waals surface area contributed by atoms with Crippen LogP contribution in [0.15, 0.2) is 78.9 Å². The van der Waals surface area contributed by atoms with Gasteiger partial charge in [0.15, 0.2) is 0 Å². The summed E-state index contributed by atoms with van der Waals surface area (Å²) in [6.45, 7) is 6.07. The molecule has 0 radical (unpaired) electrons. The normalized spacial score (nSPS) is 14.6. The molecule has 0 fully saturated rings. The highest BCUT2D eigenvalue weighted by Gasteiger charge is 2.31. The molecule has 0 aromatic heterocycles. The Bertz CT molecular complexity index is 1450. The van der Waals surface area contributed by atoms with E-state index >= 15 is 0 Å². The number of aryl methyl sites for hydroxylation is 1. The molecule has 44 heavy (non-hydrogen) atoms. The maximum atomic E-state index is 13.8. The van der Waals surface area contributed by atoms with E-state index in [2.05, 4.69) is 16.0 Å². The fourth-order valence-electron chi connectivity index (χ4n) is 4.84. The molecule has 3 N–H and O–H groups in total. The number of benzene rings is 3. The SMILES string of the molecule is CC(C)(C)OC(=O)Nc1cccc(CN2C(=O)C(NC(=O)CCCNC(=O)OCc3ccccc3)CCc3ccccc32)c1. The topological polar surface area (TPSA) is 126 Å². The first-order valence-corrected chi connectivity index (χ1v) is 14.8. The molecule has 232 valence electrons. The number of hydrogen-bond acceptors (Lipinski definition) is 6. The standard InChI is InChI=1S/C34H40N4O6/c1-34(2,3)44-33(42)36-27-15-9-13-25(21-27)22-38-29-16-8-7-14-26(29)18-19-28(31(38)40)37-30(39)17-10-20-35-32(41)43-23-24-11-5-4-6-12-24/h4-9,11-16,21,28H,10,17-20,22-23H2,1-3H3,(H,35,41)(H,36,42)(H,37,39). The summed E-state index contributed by atoms with van der Waals surface area (Å²) < 4.78 is 10.5. The molecule has 3 aromatic carbocycles. The van der Waals surface area contributed by atoms with Gasteiger partial charge in [-0.2, -0.15) is 0 Å². The van der Waals surface area contributed by atoms with Crippen LogP contribution in [0.2, 0.25) is 0 Å². The molecule has 0 bridgehead atoms. The first-order chi connectivity index (χ1) is 21.1. The van der Waals surface area contributed by atoms with Crippen LogP contribution in [0.3, 0.4) is 0 Å². The van der Waals surface area contributed by atoms with Gasteiger partial charge in [0.1, 0.15) is 18.2 Å². The number of anilines is 2. The monoisotopic (exact) mass is 600 g/mol. The van der Waals surface area contributed by atoms with Gasteiger partial charge >= 0.3 is 12.2 Å². The van der Waals surface area contributed by atoms with Crippen LogP contribution in [0.5, 0.6) is 0 Å². The van der Waals surface area contributed by atoms with E-state index in [0.717, 1.165) is 22.4 Å². The summed E-state index contributed by atoms with van der Waals surface area (Å²) in [5.74, 6) is -0.478. The first-order valence-electron chi connectivity index (χ1n) is 14.8. The Labute approximate surface area is 258 Å². The second-order valence-electron chi connectivity index (χ2n) is 11.6. The third kappa shape index (κ3) is 9.86. The van der Waals surface area contributed by atoms with Crippen molar-refractivity contribution in [2.75, 3.05) is 16.8 Å². The van der Waals surface area contributed by atoms with Gasteiger partial charge in [0, 0.05) is 24.3 Å². The number of para-hydroxylation sites is 1. The lowest BCUT2D eigenvalue weighted by Gasteiger charge is -2.27. The average Bonchev–Trinajstić information content (AvgIpc) is 3.10. The van der Waals surface area contributed by atoms with E-state index in [9.17, 15) is 19.2 Å². The molecule has 0 spiro atoms. The molecular formula is C34H40N4O6. The van der Waals surface area contributed by atoms with Gasteiger partial charge in [-0.25, -0.2) is 9.59 Å². The van der Waals surface area contributed by atoms with Gasteiger partial charge < -0.3 is 25.0 Å². The minimum atomic E-state index is -0.707. The molecule has 1 heterocycles. The van der Waals surface area contributed by atoms with E-state index in [0.29, 0.717) is 24.9 Å². The zero-order valence-corrected chi connectivity index (χ0v) is 25.4. The Morgan fingerprint density at radius 1 is 0.909 bits per heavy atom. The van der Waals surface area contributed by atoms with Crippen LogP contribution in [0.4, 0.5) is 21.0 Å². The predicted octanol–water partition coefficient (Wildman–Crippen LogP) is 5.70. The number of carbonyl (C=O) groups excluding carboxylic acids is 4. The van der Waals surface area contributed by atoms with Crippen LogP contribution >= 0.6 is 0 Å². The van der Waals surface area contributed by atoms with Crippen LogP contribution in [0.1, 0.15) is 56.7 Å². The highest BCUT2D eigenvalue weighted by molar-refractivity contribution is 6.00. The van der Waals surface area contributed by atoms with Crippen LogP contribution in [-0.2, 0) is 38.6 Å². The van der Waals surface area contributed by atoms with Crippen LogP contribution in [-0.4, -0.2) is 42.2 Å². The van der Waals surface area contributed by atoms with Gasteiger partial charge in [-0.3, -0.25) is 14.9 Å². The summed E-state index contributed by atoms with van der Waals surface area (Å²) >= 11 is 0. The number of ether oxygens (including phenoxy) is 2. The molecular weight excluding hydrogens is 560 g/mol. The molecule has 1 aliphatic heterocycles. The van der Waals surface area contributed by atoms with Crippen molar-refractivity contribution < 1.29 is 28.7 Å². The third-order valence-corrected chi connectivity index (χ3v) is 6.86. The summed E-state index contributed by atoms with van der Waals surface area (Å²) in [6, 6.07) is 23.6. The van der Waals surface area contributed by atoms with Gasteiger partial charge in [0.05, 0.1) is 6.54 Å². The molecule has 1 atom stereocenters. The molecule has 10 nitrogen and oxygen atoms in total. The average molecular weight is 601 g/mol. The number of rotatable bonds is 10. The Balaban J connectivity index is 1.33. The van der Waals surface area contributed by atoms with E-state index < -0.39 is 23.8 Å². The Morgan fingerprint density at radius 3 is 2.41 bits per heavy atom. The Kier molecular flexibility index (Phi) is 11.0. The first kappa shape index (κ1) is 32.1. The second kappa shape index (κ2) is 15.0. The van der Waals surface area contributed by atoms with Crippen molar-refractivity contribution in [2.24, 2.45) is 0 Å². The van der Waals surface area contributed by atoms with E-state index in [1.807, 2.05) is 60.7 Å². The Morgan fingerprint density at radius 2 is 1.64 bits per heavy atom. The van der Waals surface area contributed by atoms with E-state index in [1.165, 1.54) is 0 Å². The van der Waals surface area contributed by atoms with Crippen LogP contribution < -0.4 is 20.9 Å². The maximum absolute atomic E-state index is 13.8. The van der Waals surface area contributed by atoms with E-state index in [1.54, 1.807) is 43.9 Å². The summed E-state index contributed by atoms with van der Waals surface area (Å²) in [5.41, 5.74) is 3.41. The molecule has 3 aromatic rings. The number of amides is 4. The highest BCUT2D eigenvalue weighted by atomic mass is 16.6. The third-order valence-electron chi connectivity index (χ3n) is 6.86. The molecule has 0 aliphatic carbocycles. The summed E-state index contributed by atoms with van der Waals surface area (Å²) in [4.78, 5) is 52.6. The number of carbonyl (C=O) groups is 4. The number of alkyl carbamates (subject to hydrolysis) is 1. The number of nitrogens with one attached hydrogen (secondary N) is 3.